The van der Waals surface area contributed by atoms with Gasteiger partial charge in [-0.05, 0) is 36.5 Å². The second kappa shape index (κ2) is 6.22. The molecule has 1 amide bonds. The van der Waals surface area contributed by atoms with Crippen LogP contribution in [0, 0.1) is 5.92 Å². The van der Waals surface area contributed by atoms with Gasteiger partial charge in [-0.3, -0.25) is 14.8 Å². The van der Waals surface area contributed by atoms with Gasteiger partial charge in [-0.1, -0.05) is 17.7 Å². The molecule has 0 saturated carbocycles. The SMILES string of the molecule is O=C(c1cncc(Cl)c1)N1CCC(Cc2cccnc2)C1. The Bertz CT molecular complexity index is 632. The van der Waals surface area contributed by atoms with Crippen molar-refractivity contribution >= 4 is 17.5 Å². The zero-order valence-electron chi connectivity index (χ0n) is 11.6. The second-order valence-corrected chi connectivity index (χ2v) is 5.80. The highest BCUT2D eigenvalue weighted by molar-refractivity contribution is 6.30. The van der Waals surface area contributed by atoms with Gasteiger partial charge in [0.05, 0.1) is 10.6 Å². The van der Waals surface area contributed by atoms with Crippen LogP contribution in [-0.4, -0.2) is 33.9 Å². The van der Waals surface area contributed by atoms with Crippen LogP contribution < -0.4 is 0 Å². The zero-order valence-corrected chi connectivity index (χ0v) is 12.3. The molecule has 3 rings (SSSR count). The maximum Gasteiger partial charge on any atom is 0.255 e. The van der Waals surface area contributed by atoms with Gasteiger partial charge in [0.2, 0.25) is 0 Å². The van der Waals surface area contributed by atoms with Gasteiger partial charge < -0.3 is 4.90 Å². The van der Waals surface area contributed by atoms with Gasteiger partial charge in [-0.25, -0.2) is 0 Å². The van der Waals surface area contributed by atoms with Gasteiger partial charge in [0.1, 0.15) is 0 Å². The van der Waals surface area contributed by atoms with Gasteiger partial charge >= 0.3 is 0 Å². The summed E-state index contributed by atoms with van der Waals surface area (Å²) in [6, 6.07) is 5.70. The quantitative estimate of drug-likeness (QED) is 0.876. The van der Waals surface area contributed by atoms with E-state index in [0.717, 1.165) is 25.9 Å². The summed E-state index contributed by atoms with van der Waals surface area (Å²) in [6.45, 7) is 1.57. The molecule has 1 saturated heterocycles. The molecule has 0 radical (unpaired) electrons. The molecule has 2 aromatic heterocycles. The van der Waals surface area contributed by atoms with Crippen LogP contribution >= 0.6 is 11.6 Å². The summed E-state index contributed by atoms with van der Waals surface area (Å²) in [4.78, 5) is 22.4. The van der Waals surface area contributed by atoms with E-state index in [0.29, 0.717) is 16.5 Å². The minimum Gasteiger partial charge on any atom is -0.338 e. The molecule has 1 aliphatic heterocycles. The Morgan fingerprint density at radius 1 is 1.33 bits per heavy atom. The first-order chi connectivity index (χ1) is 10.2. The zero-order chi connectivity index (χ0) is 14.7. The highest BCUT2D eigenvalue weighted by Crippen LogP contribution is 2.22. The van der Waals surface area contributed by atoms with E-state index < -0.39 is 0 Å². The highest BCUT2D eigenvalue weighted by Gasteiger charge is 2.27. The minimum absolute atomic E-state index is 0.0127. The molecule has 3 heterocycles. The van der Waals surface area contributed by atoms with Crippen LogP contribution in [0.25, 0.3) is 0 Å². The van der Waals surface area contributed by atoms with Crippen LogP contribution in [0.4, 0.5) is 0 Å². The van der Waals surface area contributed by atoms with Crippen molar-refractivity contribution in [3.63, 3.8) is 0 Å². The largest absolute Gasteiger partial charge is 0.338 e. The number of hydrogen-bond acceptors (Lipinski definition) is 3. The van der Waals surface area contributed by atoms with Crippen molar-refractivity contribution in [2.75, 3.05) is 13.1 Å². The van der Waals surface area contributed by atoms with Crippen LogP contribution in [0.3, 0.4) is 0 Å². The van der Waals surface area contributed by atoms with Crippen molar-refractivity contribution in [2.24, 2.45) is 5.92 Å². The Morgan fingerprint density at radius 2 is 2.24 bits per heavy atom. The number of amides is 1. The van der Waals surface area contributed by atoms with Gasteiger partial charge in [-0.15, -0.1) is 0 Å². The standard InChI is InChI=1S/C16H16ClN3O/c17-15-7-14(9-19-10-15)16(21)20-5-3-13(11-20)6-12-2-1-4-18-8-12/h1-2,4,7-10,13H,3,5-6,11H2. The average Bonchev–Trinajstić information content (AvgIpc) is 2.96. The second-order valence-electron chi connectivity index (χ2n) is 5.36. The Labute approximate surface area is 128 Å². The highest BCUT2D eigenvalue weighted by atomic mass is 35.5. The van der Waals surface area contributed by atoms with Crippen LogP contribution in [0.1, 0.15) is 22.3 Å². The van der Waals surface area contributed by atoms with Gasteiger partial charge in [0.15, 0.2) is 0 Å². The van der Waals surface area contributed by atoms with E-state index in [4.69, 9.17) is 11.6 Å². The van der Waals surface area contributed by atoms with E-state index in [1.165, 1.54) is 11.8 Å². The summed E-state index contributed by atoms with van der Waals surface area (Å²) in [5.74, 6) is 0.504. The Hall–Kier alpha value is -1.94. The minimum atomic E-state index is 0.0127. The normalized spacial score (nSPS) is 18.0. The lowest BCUT2D eigenvalue weighted by atomic mass is 10.0. The van der Waals surface area contributed by atoms with E-state index in [9.17, 15) is 4.79 Å². The smallest absolute Gasteiger partial charge is 0.255 e. The summed E-state index contributed by atoms with van der Waals surface area (Å²) in [7, 11) is 0. The van der Waals surface area contributed by atoms with Gasteiger partial charge in [0, 0.05) is 37.9 Å². The molecule has 0 aliphatic carbocycles. The number of nitrogens with zero attached hydrogens (tertiary/aromatic N) is 3. The third-order valence-corrected chi connectivity index (χ3v) is 3.98. The molecule has 4 nitrogen and oxygen atoms in total. The van der Waals surface area contributed by atoms with Gasteiger partial charge in [-0.2, -0.15) is 0 Å². The van der Waals surface area contributed by atoms with Crippen molar-refractivity contribution in [2.45, 2.75) is 12.8 Å². The van der Waals surface area contributed by atoms with E-state index >= 15 is 0 Å². The molecule has 0 aromatic carbocycles. The molecule has 0 spiro atoms. The molecule has 0 bridgehead atoms. The molecule has 21 heavy (non-hydrogen) atoms. The number of aromatic nitrogens is 2. The first kappa shape index (κ1) is 14.0. The molecule has 1 atom stereocenters. The molecule has 1 aliphatic rings. The topological polar surface area (TPSA) is 46.1 Å². The predicted octanol–water partition coefficient (Wildman–Crippen LogP) is 2.83. The number of carbonyl (C=O) groups is 1. The molecular weight excluding hydrogens is 286 g/mol. The molecule has 108 valence electrons. The van der Waals surface area contributed by atoms with E-state index in [-0.39, 0.29) is 5.91 Å². The third kappa shape index (κ3) is 3.39. The lowest BCUT2D eigenvalue weighted by Crippen LogP contribution is -2.29. The van der Waals surface area contributed by atoms with Crippen LogP contribution in [0.15, 0.2) is 43.0 Å². The van der Waals surface area contributed by atoms with Crippen LogP contribution in [0.5, 0.6) is 0 Å². The Balaban J connectivity index is 1.63. The summed E-state index contributed by atoms with van der Waals surface area (Å²) in [5, 5.41) is 0.493. The predicted molar refractivity (Wildman–Crippen MR) is 81.2 cm³/mol. The van der Waals surface area contributed by atoms with Gasteiger partial charge in [0.25, 0.3) is 5.91 Å². The maximum atomic E-state index is 12.4. The molecule has 2 aromatic rings. The average molecular weight is 302 g/mol. The van der Waals surface area contributed by atoms with E-state index in [2.05, 4.69) is 16.0 Å². The van der Waals surface area contributed by atoms with Crippen LogP contribution in [0.2, 0.25) is 5.02 Å². The molecule has 0 N–H and O–H groups in total. The summed E-state index contributed by atoms with van der Waals surface area (Å²) in [5.41, 5.74) is 1.78. The molecular formula is C16H16ClN3O. The maximum absolute atomic E-state index is 12.4. The fraction of sp³-hybridized carbons (Fsp3) is 0.312. The first-order valence-corrected chi connectivity index (χ1v) is 7.39. The first-order valence-electron chi connectivity index (χ1n) is 7.01. The number of carbonyl (C=O) groups excluding carboxylic acids is 1. The monoisotopic (exact) mass is 301 g/mol. The Kier molecular flexibility index (Phi) is 4.15. The lowest BCUT2D eigenvalue weighted by molar-refractivity contribution is 0.0786. The third-order valence-electron chi connectivity index (χ3n) is 3.77. The van der Waals surface area contributed by atoms with E-state index in [1.54, 1.807) is 18.5 Å². The number of pyridine rings is 2. The van der Waals surface area contributed by atoms with Crippen molar-refractivity contribution in [1.82, 2.24) is 14.9 Å². The Morgan fingerprint density at radius 3 is 3.00 bits per heavy atom. The van der Waals surface area contributed by atoms with Crippen molar-refractivity contribution < 1.29 is 4.79 Å². The van der Waals surface area contributed by atoms with Crippen LogP contribution in [-0.2, 0) is 6.42 Å². The summed E-state index contributed by atoms with van der Waals surface area (Å²) < 4.78 is 0. The number of hydrogen-bond donors (Lipinski definition) is 0. The summed E-state index contributed by atoms with van der Waals surface area (Å²) >= 11 is 5.89. The fourth-order valence-electron chi connectivity index (χ4n) is 2.75. The summed E-state index contributed by atoms with van der Waals surface area (Å²) in [6.07, 6.45) is 8.77. The molecule has 1 unspecified atom stereocenters. The fourth-order valence-corrected chi connectivity index (χ4v) is 2.92. The number of halogens is 1. The van der Waals surface area contributed by atoms with Crippen molar-refractivity contribution in [3.8, 4) is 0 Å². The number of rotatable bonds is 3. The lowest BCUT2D eigenvalue weighted by Gasteiger charge is -2.16. The molecule has 5 heteroatoms. The number of likely N-dealkylation sites (tertiary alicyclic amines) is 1. The van der Waals surface area contributed by atoms with Crippen molar-refractivity contribution in [3.05, 3.63) is 59.1 Å². The molecule has 1 fully saturated rings. The van der Waals surface area contributed by atoms with E-state index in [1.807, 2.05) is 17.2 Å². The van der Waals surface area contributed by atoms with Crippen molar-refractivity contribution in [1.29, 1.82) is 0 Å².